The number of hydrogen-bond donors (Lipinski definition) is 8. The number of carbonyl (C=O) groups is 5. The molecular formula is C38H56N6O8. The highest BCUT2D eigenvalue weighted by atomic mass is 16.3. The molecule has 0 radical (unpaired) electrons. The molecule has 0 unspecified atom stereocenters. The highest BCUT2D eigenvalue weighted by Gasteiger charge is 2.35. The third-order valence-electron chi connectivity index (χ3n) is 9.23. The second-order valence-corrected chi connectivity index (χ2v) is 13.5. The molecule has 0 spiro atoms. The van der Waals surface area contributed by atoms with Crippen molar-refractivity contribution in [3.63, 3.8) is 0 Å². The molecule has 1 aliphatic heterocycles. The first-order chi connectivity index (χ1) is 24.9. The predicted molar refractivity (Wildman–Crippen MR) is 197 cm³/mol. The molecule has 1 aliphatic rings. The van der Waals surface area contributed by atoms with Crippen LogP contribution in [-0.4, -0.2) is 94.6 Å². The Hall–Kier alpha value is -4.69. The van der Waals surface area contributed by atoms with Crippen molar-refractivity contribution in [3.8, 4) is 22.6 Å². The Bertz CT molecular complexity index is 1530. The molecule has 14 heteroatoms. The van der Waals surface area contributed by atoms with Crippen LogP contribution in [0.1, 0.15) is 95.2 Å². The summed E-state index contributed by atoms with van der Waals surface area (Å²) in [5.41, 5.74) is 7.08. The van der Waals surface area contributed by atoms with Gasteiger partial charge in [-0.25, -0.2) is 0 Å². The molecule has 2 aromatic carbocycles. The van der Waals surface area contributed by atoms with Crippen LogP contribution >= 0.6 is 0 Å². The highest BCUT2D eigenvalue weighted by Crippen LogP contribution is 2.38. The smallest absolute Gasteiger partial charge is 0.248 e. The molecule has 0 saturated carbocycles. The number of benzene rings is 2. The summed E-state index contributed by atoms with van der Waals surface area (Å²) >= 11 is 0. The first-order valence-corrected chi connectivity index (χ1v) is 18.3. The maximum Gasteiger partial charge on any atom is 0.248 e. The summed E-state index contributed by atoms with van der Waals surface area (Å²) in [5, 5.41) is 42.6. The van der Waals surface area contributed by atoms with Crippen molar-refractivity contribution >= 4 is 29.5 Å². The van der Waals surface area contributed by atoms with Gasteiger partial charge in [-0.3, -0.25) is 24.0 Å². The number of carbonyl (C=O) groups excluding carboxylic acids is 5. The minimum atomic E-state index is -1.34. The fourth-order valence-electron chi connectivity index (χ4n) is 6.23. The Morgan fingerprint density at radius 2 is 1.60 bits per heavy atom. The Morgan fingerprint density at radius 3 is 2.29 bits per heavy atom. The molecule has 4 atom stereocenters. The highest BCUT2D eigenvalue weighted by molar-refractivity contribution is 5.95. The Balaban J connectivity index is 1.90. The van der Waals surface area contributed by atoms with E-state index < -0.39 is 54.4 Å². The average Bonchev–Trinajstić information content (AvgIpc) is 3.11. The molecular weight excluding hydrogens is 668 g/mol. The number of phenols is 2. The first-order valence-electron chi connectivity index (χ1n) is 18.3. The molecule has 1 heterocycles. The summed E-state index contributed by atoms with van der Waals surface area (Å²) in [6.07, 6.45) is 6.93. The summed E-state index contributed by atoms with van der Waals surface area (Å²) in [6.45, 7) is 3.69. The molecule has 52 heavy (non-hydrogen) atoms. The van der Waals surface area contributed by atoms with Crippen molar-refractivity contribution in [1.82, 2.24) is 26.2 Å². The van der Waals surface area contributed by atoms with Crippen molar-refractivity contribution in [1.29, 1.82) is 0 Å². The number of phenolic OH excluding ortho intramolecular Hbond substituents is 2. The maximum absolute atomic E-state index is 14.2. The van der Waals surface area contributed by atoms with Gasteiger partial charge in [-0.2, -0.15) is 0 Å². The largest absolute Gasteiger partial charge is 0.507 e. The number of nitrogens with zero attached hydrogens (tertiary/aromatic N) is 1. The SMILES string of the molecule is CCCCCCCC(=O)NCCC(=O)N[C@@H](CCCCN)C(=O)N(C)[C@@H]1C(=O)N[C@@H](C)C(=O)N[C@H](CO)Cc2ccc(O)c(c2)-c2cc1ccc2O. The molecule has 0 fully saturated rings. The van der Waals surface area contributed by atoms with E-state index in [2.05, 4.69) is 28.2 Å². The van der Waals surface area contributed by atoms with E-state index in [4.69, 9.17) is 5.73 Å². The third kappa shape index (κ3) is 12.2. The van der Waals surface area contributed by atoms with Crippen LogP contribution in [0.3, 0.4) is 0 Å². The Kier molecular flexibility index (Phi) is 16.8. The summed E-state index contributed by atoms with van der Waals surface area (Å²) in [5.74, 6) is -2.79. The van der Waals surface area contributed by atoms with Gasteiger partial charge in [0, 0.05) is 37.6 Å². The van der Waals surface area contributed by atoms with Crippen LogP contribution < -0.4 is 27.0 Å². The lowest BCUT2D eigenvalue weighted by Gasteiger charge is -2.32. The van der Waals surface area contributed by atoms with Crippen LogP contribution in [0.15, 0.2) is 36.4 Å². The number of hydrogen-bond acceptors (Lipinski definition) is 9. The topological polar surface area (TPSA) is 223 Å². The Morgan fingerprint density at radius 1 is 0.904 bits per heavy atom. The van der Waals surface area contributed by atoms with Gasteiger partial charge in [0.25, 0.3) is 0 Å². The van der Waals surface area contributed by atoms with Gasteiger partial charge in [0.1, 0.15) is 29.6 Å². The number of nitrogens with two attached hydrogens (primary N) is 1. The number of fused-ring (bicyclic) bond motifs is 5. The van der Waals surface area contributed by atoms with Crippen molar-refractivity contribution in [3.05, 3.63) is 47.5 Å². The minimum absolute atomic E-state index is 0.0544. The second-order valence-electron chi connectivity index (χ2n) is 13.5. The third-order valence-corrected chi connectivity index (χ3v) is 9.23. The average molecular weight is 725 g/mol. The summed E-state index contributed by atoms with van der Waals surface area (Å²) in [4.78, 5) is 67.8. The number of unbranched alkanes of at least 4 members (excludes halogenated alkanes) is 5. The molecule has 0 aliphatic carbocycles. The summed E-state index contributed by atoms with van der Waals surface area (Å²) in [6, 6.07) is 4.88. The van der Waals surface area contributed by atoms with E-state index in [9.17, 15) is 39.3 Å². The normalized spacial score (nSPS) is 18.0. The fourth-order valence-corrected chi connectivity index (χ4v) is 6.23. The van der Waals surface area contributed by atoms with Crippen LogP contribution in [-0.2, 0) is 30.4 Å². The zero-order valence-electron chi connectivity index (χ0n) is 30.6. The van der Waals surface area contributed by atoms with E-state index in [1.165, 1.54) is 43.1 Å². The number of nitrogens with one attached hydrogen (secondary N) is 4. The molecule has 14 nitrogen and oxygen atoms in total. The number of rotatable bonds is 17. The number of aliphatic hydroxyl groups is 1. The number of likely N-dealkylation sites (N-methyl/N-ethyl adjacent to an activating group) is 1. The zero-order valence-corrected chi connectivity index (χ0v) is 30.6. The zero-order chi connectivity index (χ0) is 38.2. The minimum Gasteiger partial charge on any atom is -0.507 e. The molecule has 3 rings (SSSR count). The van der Waals surface area contributed by atoms with Gasteiger partial charge in [-0.05, 0) is 81.0 Å². The van der Waals surface area contributed by atoms with Crippen LogP contribution in [0.4, 0.5) is 0 Å². The van der Waals surface area contributed by atoms with Crippen molar-refractivity contribution in [2.45, 2.75) is 109 Å². The van der Waals surface area contributed by atoms with Crippen LogP contribution in [0.2, 0.25) is 0 Å². The maximum atomic E-state index is 14.2. The van der Waals surface area contributed by atoms with Gasteiger partial charge in [0.15, 0.2) is 0 Å². The lowest BCUT2D eigenvalue weighted by Crippen LogP contribution is -2.54. The molecule has 9 N–H and O–H groups in total. The molecule has 5 amide bonds. The van der Waals surface area contributed by atoms with E-state index in [0.717, 1.165) is 32.1 Å². The van der Waals surface area contributed by atoms with Gasteiger partial charge in [0.2, 0.25) is 29.5 Å². The van der Waals surface area contributed by atoms with Crippen molar-refractivity contribution < 1.29 is 39.3 Å². The number of aliphatic hydroxyl groups excluding tert-OH is 1. The molecule has 4 bridgehead atoms. The Labute approximate surface area is 305 Å². The van der Waals surface area contributed by atoms with Gasteiger partial charge in [0.05, 0.1) is 12.6 Å². The van der Waals surface area contributed by atoms with Crippen molar-refractivity contribution in [2.24, 2.45) is 5.73 Å². The number of aromatic hydroxyl groups is 2. The quantitative estimate of drug-likeness (QED) is 0.112. The van der Waals surface area contributed by atoms with Gasteiger partial charge in [-0.15, -0.1) is 0 Å². The molecule has 286 valence electrons. The van der Waals surface area contributed by atoms with Gasteiger partial charge < -0.3 is 47.2 Å². The monoisotopic (exact) mass is 724 g/mol. The first kappa shape index (κ1) is 41.7. The van der Waals surface area contributed by atoms with Gasteiger partial charge >= 0.3 is 0 Å². The van der Waals surface area contributed by atoms with E-state index >= 15 is 0 Å². The molecule has 0 saturated heterocycles. The predicted octanol–water partition coefficient (Wildman–Crippen LogP) is 2.28. The van der Waals surface area contributed by atoms with Crippen molar-refractivity contribution in [2.75, 3.05) is 26.7 Å². The van der Waals surface area contributed by atoms with E-state index in [-0.39, 0.29) is 59.9 Å². The van der Waals surface area contributed by atoms with E-state index in [1.807, 2.05) is 0 Å². The van der Waals surface area contributed by atoms with E-state index in [1.54, 1.807) is 12.1 Å². The summed E-state index contributed by atoms with van der Waals surface area (Å²) in [7, 11) is 1.41. The van der Waals surface area contributed by atoms with E-state index in [0.29, 0.717) is 31.4 Å². The van der Waals surface area contributed by atoms with Crippen LogP contribution in [0.25, 0.3) is 11.1 Å². The van der Waals surface area contributed by atoms with Gasteiger partial charge in [-0.1, -0.05) is 44.7 Å². The number of amides is 5. The second kappa shape index (κ2) is 21.0. The molecule has 2 aromatic rings. The summed E-state index contributed by atoms with van der Waals surface area (Å²) < 4.78 is 0. The standard InChI is InChI=1S/C38H56N6O8/c1-4-5-6-7-8-12-33(48)40-19-17-34(49)43-30(11-9-10-18-39)38(52)44(3)35-26-14-16-32(47)29(22-26)28-21-25(13-15-31(28)46)20-27(23-45)42-36(50)24(2)41-37(35)51/h13-16,21-22,24,27,30,35,45-47H,4-12,17-20,23,39H2,1-3H3,(H,40,48)(H,41,51)(H,42,50)(H,43,49)/t24-,27-,30-,35-/m0/s1. The fraction of sp³-hybridized carbons (Fsp3) is 0.553. The lowest BCUT2D eigenvalue weighted by molar-refractivity contribution is -0.143. The van der Waals surface area contributed by atoms with Crippen LogP contribution in [0.5, 0.6) is 11.5 Å². The lowest BCUT2D eigenvalue weighted by atomic mass is 9.93. The van der Waals surface area contributed by atoms with Crippen LogP contribution in [0, 0.1) is 0 Å². The molecule has 0 aromatic heterocycles.